The predicted octanol–water partition coefficient (Wildman–Crippen LogP) is 2.09. The topological polar surface area (TPSA) is 82.9 Å². The smallest absolute Gasteiger partial charge is 0.255 e. The van der Waals surface area contributed by atoms with Crippen LogP contribution in [0.2, 0.25) is 5.02 Å². The van der Waals surface area contributed by atoms with Crippen molar-refractivity contribution in [3.05, 3.63) is 53.3 Å². The molecule has 2 heterocycles. The lowest BCUT2D eigenvalue weighted by Gasteiger charge is -2.36. The average Bonchev–Trinajstić information content (AvgIpc) is 2.58. The highest BCUT2D eigenvalue weighted by atomic mass is 35.5. The number of aliphatic hydroxyl groups excluding tert-OH is 1. The van der Waals surface area contributed by atoms with Crippen molar-refractivity contribution < 1.29 is 19.7 Å². The summed E-state index contributed by atoms with van der Waals surface area (Å²) in [6, 6.07) is 8.28. The molecular formula is C17H17ClN2O4. The van der Waals surface area contributed by atoms with Gasteiger partial charge < -0.3 is 19.8 Å². The molecule has 3 rings (SSSR count). The number of halogens is 1. The summed E-state index contributed by atoms with van der Waals surface area (Å²) >= 11 is 5.83. The molecule has 1 saturated heterocycles. The number of carbonyl (C=O) groups excluding carboxylic acids is 1. The van der Waals surface area contributed by atoms with Gasteiger partial charge >= 0.3 is 0 Å². The Hall–Kier alpha value is -2.31. The molecule has 1 aliphatic heterocycles. The van der Waals surface area contributed by atoms with Crippen molar-refractivity contribution in [3.63, 3.8) is 0 Å². The first-order chi connectivity index (χ1) is 11.5. The molecule has 7 heteroatoms. The molecule has 2 aromatic rings. The Bertz CT molecular complexity index is 723. The Morgan fingerprint density at radius 3 is 2.71 bits per heavy atom. The Morgan fingerprint density at radius 1 is 1.29 bits per heavy atom. The van der Waals surface area contributed by atoms with E-state index in [1.807, 2.05) is 0 Å². The van der Waals surface area contributed by atoms with Crippen LogP contribution in [0.15, 0.2) is 42.7 Å². The second kappa shape index (κ2) is 7.07. The molecule has 1 aliphatic rings. The van der Waals surface area contributed by atoms with Gasteiger partial charge in [-0.25, -0.2) is 0 Å². The van der Waals surface area contributed by atoms with E-state index in [1.165, 1.54) is 23.4 Å². The van der Waals surface area contributed by atoms with E-state index in [0.29, 0.717) is 29.3 Å². The number of rotatable bonds is 3. The van der Waals surface area contributed by atoms with Crippen LogP contribution in [0.4, 0.5) is 0 Å². The van der Waals surface area contributed by atoms with Crippen molar-refractivity contribution in [2.45, 2.75) is 18.6 Å². The lowest BCUT2D eigenvalue weighted by molar-refractivity contribution is -0.0199. The SMILES string of the molecule is O=C(c1cncc(O)c1)N1CC[C@@H](Oc2ccc(Cl)cc2)[C@H](O)C1. The molecule has 0 unspecified atom stereocenters. The molecular weight excluding hydrogens is 332 g/mol. The third-order valence-electron chi connectivity index (χ3n) is 3.88. The minimum atomic E-state index is -0.802. The van der Waals surface area contributed by atoms with Gasteiger partial charge in [-0.1, -0.05) is 11.6 Å². The van der Waals surface area contributed by atoms with Crippen LogP contribution in [-0.4, -0.2) is 51.3 Å². The van der Waals surface area contributed by atoms with Crippen LogP contribution in [0.1, 0.15) is 16.8 Å². The number of pyridine rings is 1. The number of benzene rings is 1. The van der Waals surface area contributed by atoms with Gasteiger partial charge in [-0.05, 0) is 30.3 Å². The fourth-order valence-electron chi connectivity index (χ4n) is 2.65. The van der Waals surface area contributed by atoms with E-state index in [1.54, 1.807) is 24.3 Å². The second-order valence-electron chi connectivity index (χ2n) is 5.65. The summed E-state index contributed by atoms with van der Waals surface area (Å²) in [7, 11) is 0. The van der Waals surface area contributed by atoms with E-state index in [2.05, 4.69) is 4.98 Å². The quantitative estimate of drug-likeness (QED) is 0.887. The fraction of sp³-hybridized carbons (Fsp3) is 0.294. The van der Waals surface area contributed by atoms with Crippen LogP contribution in [0, 0.1) is 0 Å². The van der Waals surface area contributed by atoms with Crippen LogP contribution in [0.5, 0.6) is 11.5 Å². The summed E-state index contributed by atoms with van der Waals surface area (Å²) in [6.45, 7) is 0.608. The maximum Gasteiger partial charge on any atom is 0.255 e. The number of aliphatic hydroxyl groups is 1. The van der Waals surface area contributed by atoms with E-state index in [0.717, 1.165) is 0 Å². The van der Waals surface area contributed by atoms with Crippen LogP contribution in [-0.2, 0) is 0 Å². The summed E-state index contributed by atoms with van der Waals surface area (Å²) in [5, 5.41) is 20.3. The van der Waals surface area contributed by atoms with E-state index in [4.69, 9.17) is 16.3 Å². The summed E-state index contributed by atoms with van der Waals surface area (Å²) in [4.78, 5) is 17.7. The Morgan fingerprint density at radius 2 is 2.04 bits per heavy atom. The molecule has 1 fully saturated rings. The number of hydrogen-bond acceptors (Lipinski definition) is 5. The largest absolute Gasteiger partial charge is 0.506 e. The lowest BCUT2D eigenvalue weighted by atomic mass is 10.0. The molecule has 2 N–H and O–H groups in total. The fourth-order valence-corrected chi connectivity index (χ4v) is 2.77. The Labute approximate surface area is 144 Å². The van der Waals surface area contributed by atoms with Gasteiger partial charge in [0.25, 0.3) is 5.91 Å². The van der Waals surface area contributed by atoms with Crippen molar-refractivity contribution in [1.82, 2.24) is 9.88 Å². The minimum Gasteiger partial charge on any atom is -0.506 e. The first kappa shape index (κ1) is 16.5. The zero-order valence-electron chi connectivity index (χ0n) is 12.8. The number of nitrogens with zero attached hydrogens (tertiary/aromatic N) is 2. The van der Waals surface area contributed by atoms with Crippen molar-refractivity contribution >= 4 is 17.5 Å². The molecule has 0 spiro atoms. The zero-order chi connectivity index (χ0) is 17.1. The van der Waals surface area contributed by atoms with Gasteiger partial charge in [0.1, 0.15) is 23.7 Å². The highest BCUT2D eigenvalue weighted by molar-refractivity contribution is 6.30. The molecule has 1 amide bonds. The van der Waals surface area contributed by atoms with Gasteiger partial charge in [0, 0.05) is 24.2 Å². The standard InChI is InChI=1S/C17H17ClN2O4/c18-12-1-3-14(4-2-12)24-16-5-6-20(10-15(16)22)17(23)11-7-13(21)9-19-8-11/h1-4,7-9,15-16,21-22H,5-6,10H2/t15-,16-/m1/s1. The average molecular weight is 349 g/mol. The summed E-state index contributed by atoms with van der Waals surface area (Å²) < 4.78 is 5.78. The Kier molecular flexibility index (Phi) is 4.87. The first-order valence-corrected chi connectivity index (χ1v) is 7.94. The summed E-state index contributed by atoms with van der Waals surface area (Å²) in [5.74, 6) is 0.283. The second-order valence-corrected chi connectivity index (χ2v) is 6.09. The highest BCUT2D eigenvalue weighted by Crippen LogP contribution is 2.22. The molecule has 1 aromatic carbocycles. The number of carbonyl (C=O) groups is 1. The van der Waals surface area contributed by atoms with E-state index < -0.39 is 12.2 Å². The highest BCUT2D eigenvalue weighted by Gasteiger charge is 2.32. The van der Waals surface area contributed by atoms with Crippen LogP contribution >= 0.6 is 11.6 Å². The van der Waals surface area contributed by atoms with Gasteiger partial charge in [-0.2, -0.15) is 0 Å². The van der Waals surface area contributed by atoms with Gasteiger partial charge in [-0.3, -0.25) is 9.78 Å². The minimum absolute atomic E-state index is 0.0673. The zero-order valence-corrected chi connectivity index (χ0v) is 13.6. The maximum atomic E-state index is 12.4. The van der Waals surface area contributed by atoms with Gasteiger partial charge in [-0.15, -0.1) is 0 Å². The van der Waals surface area contributed by atoms with Crippen LogP contribution < -0.4 is 4.74 Å². The van der Waals surface area contributed by atoms with E-state index in [-0.39, 0.29) is 18.2 Å². The molecule has 1 aromatic heterocycles. The molecule has 0 saturated carbocycles. The first-order valence-electron chi connectivity index (χ1n) is 7.56. The normalized spacial score (nSPS) is 20.7. The van der Waals surface area contributed by atoms with E-state index in [9.17, 15) is 15.0 Å². The third kappa shape index (κ3) is 3.77. The summed E-state index contributed by atoms with van der Waals surface area (Å²) in [5.41, 5.74) is 0.291. The Balaban J connectivity index is 1.62. The van der Waals surface area contributed by atoms with Gasteiger partial charge in [0.15, 0.2) is 0 Å². The molecule has 24 heavy (non-hydrogen) atoms. The predicted molar refractivity (Wildman–Crippen MR) is 88.3 cm³/mol. The van der Waals surface area contributed by atoms with Crippen molar-refractivity contribution in [2.75, 3.05) is 13.1 Å². The van der Waals surface area contributed by atoms with Crippen molar-refractivity contribution in [2.24, 2.45) is 0 Å². The third-order valence-corrected chi connectivity index (χ3v) is 4.13. The monoisotopic (exact) mass is 348 g/mol. The number of aromatic hydroxyl groups is 1. The number of amides is 1. The number of β-amino-alcohol motifs (C(OH)–C–C–N with tert-alkyl or cyclic N) is 1. The van der Waals surface area contributed by atoms with E-state index >= 15 is 0 Å². The molecule has 0 bridgehead atoms. The molecule has 0 radical (unpaired) electrons. The number of piperidine rings is 1. The molecule has 0 aliphatic carbocycles. The maximum absolute atomic E-state index is 12.4. The number of likely N-dealkylation sites (tertiary alicyclic amines) is 1. The number of ether oxygens (including phenoxy) is 1. The van der Waals surface area contributed by atoms with Gasteiger partial charge in [0.05, 0.1) is 18.3 Å². The molecule has 6 nitrogen and oxygen atoms in total. The van der Waals surface area contributed by atoms with Crippen molar-refractivity contribution in [3.8, 4) is 11.5 Å². The summed E-state index contributed by atoms with van der Waals surface area (Å²) in [6.07, 6.45) is 1.96. The lowest BCUT2D eigenvalue weighted by Crippen LogP contribution is -2.51. The van der Waals surface area contributed by atoms with Gasteiger partial charge in [0.2, 0.25) is 0 Å². The van der Waals surface area contributed by atoms with Crippen LogP contribution in [0.3, 0.4) is 0 Å². The molecule has 2 atom stereocenters. The van der Waals surface area contributed by atoms with Crippen LogP contribution in [0.25, 0.3) is 0 Å². The molecule has 126 valence electrons. The number of aromatic nitrogens is 1. The number of hydrogen-bond donors (Lipinski definition) is 2. The van der Waals surface area contributed by atoms with Crippen molar-refractivity contribution in [1.29, 1.82) is 0 Å².